The molecule has 1 aromatic carbocycles. The standard InChI is InChI=1S/C25H30F3N8O4P/c1-15(2)24(37)40-16(3)10-34-41(38)36(21(25(26,27)28)19-7-5-18(9-29)6-8-19)14-39-17(4)11-35-13-33-20-22(30)31-12-32-23(20)35/h5-8,12-13,15-17,21H,10-11,14H2,1-4H3,(H2,30,31,32)/t16-,17+,21+/m0/s1. The molecule has 0 aliphatic carbocycles. The number of esters is 1. The topological polar surface area (TPSA) is 168 Å². The van der Waals surface area contributed by atoms with Crippen LogP contribution in [0.3, 0.4) is 0 Å². The van der Waals surface area contributed by atoms with Gasteiger partial charge in [0.15, 0.2) is 17.5 Å². The molecular formula is C25H30F3N8O4P. The van der Waals surface area contributed by atoms with E-state index in [4.69, 9.17) is 20.5 Å². The predicted octanol–water partition coefficient (Wildman–Crippen LogP) is 3.69. The zero-order chi connectivity index (χ0) is 30.3. The summed E-state index contributed by atoms with van der Waals surface area (Å²) in [5, 5.41) is 9.05. The number of nitrogen functional groups attached to an aromatic ring is 1. The number of hydrogen-bond donors (Lipinski definition) is 1. The minimum Gasteiger partial charge on any atom is -0.595 e. The Bertz CT molecular complexity index is 1410. The number of halogens is 3. The highest BCUT2D eigenvalue weighted by Gasteiger charge is 2.49. The third-order valence-corrected chi connectivity index (χ3v) is 7.00. The molecule has 16 heteroatoms. The van der Waals surface area contributed by atoms with Crippen molar-refractivity contribution in [2.45, 2.75) is 58.7 Å². The summed E-state index contributed by atoms with van der Waals surface area (Å²) in [6.07, 6.45) is -3.66. The molecule has 2 aromatic heterocycles. The average molecular weight is 595 g/mol. The molecule has 3 rings (SSSR count). The number of rotatable bonds is 12. The molecule has 0 saturated carbocycles. The van der Waals surface area contributed by atoms with Crippen LogP contribution in [-0.2, 0) is 20.8 Å². The van der Waals surface area contributed by atoms with Gasteiger partial charge in [-0.25, -0.2) is 15.0 Å². The Morgan fingerprint density at radius 2 is 1.88 bits per heavy atom. The minimum absolute atomic E-state index is 0.143. The van der Waals surface area contributed by atoms with Crippen LogP contribution in [0.5, 0.6) is 0 Å². The number of aromatic nitrogens is 4. The summed E-state index contributed by atoms with van der Waals surface area (Å²) < 4.78 is 60.4. The second-order valence-electron chi connectivity index (χ2n) is 9.53. The number of carbonyl (C=O) groups excluding carboxylic acids is 1. The minimum atomic E-state index is -4.88. The third kappa shape index (κ3) is 8.40. The van der Waals surface area contributed by atoms with Gasteiger partial charge in [0.05, 0.1) is 36.5 Å². The van der Waals surface area contributed by atoms with Gasteiger partial charge < -0.3 is 24.7 Å². The zero-order valence-corrected chi connectivity index (χ0v) is 23.7. The van der Waals surface area contributed by atoms with Crippen LogP contribution in [0.4, 0.5) is 19.0 Å². The van der Waals surface area contributed by atoms with Gasteiger partial charge in [0.1, 0.15) is 31.2 Å². The normalized spacial score (nSPS) is 14.7. The number of ether oxygens (including phenoxy) is 2. The first-order chi connectivity index (χ1) is 19.3. The van der Waals surface area contributed by atoms with Crippen LogP contribution in [0.25, 0.3) is 11.2 Å². The van der Waals surface area contributed by atoms with E-state index in [1.807, 2.05) is 6.07 Å². The lowest BCUT2D eigenvalue weighted by Gasteiger charge is -2.29. The molecule has 0 aliphatic rings. The maximum absolute atomic E-state index is 14.5. The van der Waals surface area contributed by atoms with E-state index in [0.29, 0.717) is 15.8 Å². The highest BCUT2D eigenvalue weighted by atomic mass is 31.1. The molecule has 0 aliphatic heterocycles. The van der Waals surface area contributed by atoms with Crippen LogP contribution >= 0.6 is 8.09 Å². The summed E-state index contributed by atoms with van der Waals surface area (Å²) in [6, 6.07) is 4.26. The second kappa shape index (κ2) is 13.8. The van der Waals surface area contributed by atoms with Crippen molar-refractivity contribution >= 4 is 31.0 Å². The molecule has 0 spiro atoms. The fourth-order valence-corrected chi connectivity index (χ4v) is 4.86. The first kappa shape index (κ1) is 31.8. The number of nitriles is 1. The average Bonchev–Trinajstić information content (AvgIpc) is 3.32. The van der Waals surface area contributed by atoms with Crippen molar-refractivity contribution in [2.75, 3.05) is 19.0 Å². The fraction of sp³-hybridized carbons (Fsp3) is 0.480. The van der Waals surface area contributed by atoms with Crippen molar-refractivity contribution in [3.8, 4) is 6.07 Å². The van der Waals surface area contributed by atoms with E-state index in [1.165, 1.54) is 31.7 Å². The molecule has 220 valence electrons. The van der Waals surface area contributed by atoms with E-state index in [2.05, 4.69) is 19.7 Å². The van der Waals surface area contributed by atoms with Gasteiger partial charge in [0.25, 0.3) is 8.09 Å². The summed E-state index contributed by atoms with van der Waals surface area (Å²) in [7, 11) is -3.02. The van der Waals surface area contributed by atoms with Crippen molar-refractivity contribution in [2.24, 2.45) is 10.7 Å². The number of alkyl halides is 3. The molecule has 2 heterocycles. The third-order valence-electron chi connectivity index (χ3n) is 5.81. The smallest absolute Gasteiger partial charge is 0.412 e. The molecule has 0 bridgehead atoms. The van der Waals surface area contributed by atoms with Crippen molar-refractivity contribution < 1.29 is 32.3 Å². The van der Waals surface area contributed by atoms with E-state index < -0.39 is 51.1 Å². The van der Waals surface area contributed by atoms with Crippen LogP contribution in [0.2, 0.25) is 0 Å². The quantitative estimate of drug-likeness (QED) is 0.185. The number of imidazole rings is 1. The van der Waals surface area contributed by atoms with Crippen molar-refractivity contribution in [1.82, 2.24) is 24.2 Å². The summed E-state index contributed by atoms with van der Waals surface area (Å²) in [6.45, 7) is 5.53. The van der Waals surface area contributed by atoms with E-state index in [9.17, 15) is 22.9 Å². The molecule has 3 aromatic rings. The summed E-state index contributed by atoms with van der Waals surface area (Å²) in [5.74, 6) is -0.753. The first-order valence-electron chi connectivity index (χ1n) is 12.5. The van der Waals surface area contributed by atoms with Gasteiger partial charge in [-0.15, -0.1) is 0 Å². The lowest BCUT2D eigenvalue weighted by molar-refractivity contribution is -0.210. The molecule has 0 saturated heterocycles. The van der Waals surface area contributed by atoms with E-state index in [-0.39, 0.29) is 30.0 Å². The van der Waals surface area contributed by atoms with Crippen LogP contribution in [0.1, 0.15) is 44.9 Å². The summed E-state index contributed by atoms with van der Waals surface area (Å²) in [4.78, 5) is 37.3. The number of fused-ring (bicyclic) bond motifs is 1. The molecule has 41 heavy (non-hydrogen) atoms. The Balaban J connectivity index is 1.87. The molecule has 12 nitrogen and oxygen atoms in total. The highest BCUT2D eigenvalue weighted by molar-refractivity contribution is 7.36. The monoisotopic (exact) mass is 594 g/mol. The highest BCUT2D eigenvalue weighted by Crippen LogP contribution is 2.44. The Kier molecular flexibility index (Phi) is 10.7. The number of hydrogen-bond acceptors (Lipinski definition) is 10. The van der Waals surface area contributed by atoms with Crippen LogP contribution in [0.15, 0.2) is 41.7 Å². The maximum Gasteiger partial charge on any atom is 0.412 e. The Morgan fingerprint density at radius 3 is 2.49 bits per heavy atom. The second-order valence-corrected chi connectivity index (χ2v) is 10.8. The van der Waals surface area contributed by atoms with Gasteiger partial charge in [-0.2, -0.15) is 18.4 Å². The molecule has 0 amide bonds. The van der Waals surface area contributed by atoms with Crippen LogP contribution < -0.4 is 10.6 Å². The molecule has 0 fully saturated rings. The lowest BCUT2D eigenvalue weighted by atomic mass is 10.0. The number of nitrogens with zero attached hydrogens (tertiary/aromatic N) is 7. The Morgan fingerprint density at radius 1 is 1.20 bits per heavy atom. The van der Waals surface area contributed by atoms with E-state index in [1.54, 1.807) is 25.3 Å². The van der Waals surface area contributed by atoms with Crippen molar-refractivity contribution in [1.29, 1.82) is 5.26 Å². The van der Waals surface area contributed by atoms with Gasteiger partial charge in [0, 0.05) is 0 Å². The maximum atomic E-state index is 14.5. The SMILES string of the molecule is CC(C)C(=O)O[C@@H](C)CN=[P+]([O-])N(CO[C@H](C)Cn1cnc2c(N)ncnc21)[C@H](c1ccc(C#N)cc1)C(F)(F)F. The van der Waals surface area contributed by atoms with E-state index >= 15 is 0 Å². The predicted molar refractivity (Wildman–Crippen MR) is 142 cm³/mol. The van der Waals surface area contributed by atoms with Gasteiger partial charge >= 0.3 is 12.1 Å². The lowest BCUT2D eigenvalue weighted by Crippen LogP contribution is -2.38. The van der Waals surface area contributed by atoms with Gasteiger partial charge in [-0.1, -0.05) is 35.4 Å². The molecule has 2 N–H and O–H groups in total. The number of carbonyl (C=O) groups is 1. The number of nitrogens with two attached hydrogens (primary N) is 1. The van der Waals surface area contributed by atoms with Gasteiger partial charge in [0.2, 0.25) is 0 Å². The number of anilines is 1. The number of benzene rings is 1. The van der Waals surface area contributed by atoms with Crippen molar-refractivity contribution in [3.05, 3.63) is 48.0 Å². The Hall–Kier alpha value is -3.70. The molecule has 0 radical (unpaired) electrons. The fourth-order valence-electron chi connectivity index (χ4n) is 3.70. The Labute approximate surface area is 235 Å². The van der Waals surface area contributed by atoms with Crippen molar-refractivity contribution in [3.63, 3.8) is 0 Å². The molecule has 4 atom stereocenters. The summed E-state index contributed by atoms with van der Waals surface area (Å²) in [5.41, 5.74) is 6.51. The van der Waals surface area contributed by atoms with Crippen LogP contribution in [-0.4, -0.2) is 61.8 Å². The first-order valence-corrected chi connectivity index (χ1v) is 13.7. The molecule has 1 unspecified atom stereocenters. The largest absolute Gasteiger partial charge is 0.595 e. The van der Waals surface area contributed by atoms with Gasteiger partial charge in [-0.3, -0.25) is 4.79 Å². The van der Waals surface area contributed by atoms with Crippen LogP contribution in [0, 0.1) is 17.2 Å². The zero-order valence-electron chi connectivity index (χ0n) is 22.8. The van der Waals surface area contributed by atoms with Gasteiger partial charge in [-0.05, 0) is 31.5 Å². The van der Waals surface area contributed by atoms with E-state index in [0.717, 1.165) is 12.1 Å². The molecular weight excluding hydrogens is 564 g/mol. The summed E-state index contributed by atoms with van der Waals surface area (Å²) >= 11 is 0.